The van der Waals surface area contributed by atoms with Gasteiger partial charge < -0.3 is 5.32 Å². The van der Waals surface area contributed by atoms with Crippen molar-refractivity contribution in [1.82, 2.24) is 15.1 Å². The van der Waals surface area contributed by atoms with Gasteiger partial charge in [0.2, 0.25) is 0 Å². The van der Waals surface area contributed by atoms with Gasteiger partial charge in [0.15, 0.2) is 0 Å². The molecule has 0 aliphatic rings. The van der Waals surface area contributed by atoms with Crippen LogP contribution in [0.2, 0.25) is 0 Å². The molecule has 0 bridgehead atoms. The van der Waals surface area contributed by atoms with Crippen LogP contribution in [0.25, 0.3) is 5.69 Å². The number of nitro groups is 1. The number of carbonyl (C=O) groups is 1. The average molecular weight is 246 g/mol. The highest BCUT2D eigenvalue weighted by molar-refractivity contribution is 5.95. The van der Waals surface area contributed by atoms with Crippen molar-refractivity contribution < 1.29 is 9.72 Å². The maximum atomic E-state index is 11.5. The zero-order valence-electron chi connectivity index (χ0n) is 9.53. The Balaban J connectivity index is 2.59. The Kier molecular flexibility index (Phi) is 3.05. The summed E-state index contributed by atoms with van der Waals surface area (Å²) in [5.74, 6) is -0.307. The van der Waals surface area contributed by atoms with E-state index in [1.807, 2.05) is 0 Å². The Bertz CT molecular complexity index is 592. The number of amides is 1. The second-order valence-corrected chi connectivity index (χ2v) is 3.49. The number of nitrogens with zero attached hydrogens (tertiary/aromatic N) is 3. The minimum atomic E-state index is -0.509. The molecule has 0 unspecified atom stereocenters. The van der Waals surface area contributed by atoms with Crippen LogP contribution in [0.3, 0.4) is 0 Å². The molecule has 1 amide bonds. The SMILES string of the molecule is CNC(=O)c1ccc([N+](=O)[O-])c(-n2cccn2)c1. The molecule has 0 spiro atoms. The summed E-state index contributed by atoms with van der Waals surface area (Å²) in [4.78, 5) is 21.9. The van der Waals surface area contributed by atoms with E-state index >= 15 is 0 Å². The lowest BCUT2D eigenvalue weighted by Gasteiger charge is -2.05. The molecule has 7 heteroatoms. The lowest BCUT2D eigenvalue weighted by Crippen LogP contribution is -2.18. The minimum absolute atomic E-state index is 0.105. The monoisotopic (exact) mass is 246 g/mol. The third-order valence-corrected chi connectivity index (χ3v) is 2.41. The molecule has 2 rings (SSSR count). The Hall–Kier alpha value is -2.70. The first kappa shape index (κ1) is 11.8. The van der Waals surface area contributed by atoms with Crippen molar-refractivity contribution >= 4 is 11.6 Å². The summed E-state index contributed by atoms with van der Waals surface area (Å²) in [7, 11) is 1.50. The summed E-state index contributed by atoms with van der Waals surface area (Å²) in [6.45, 7) is 0. The topological polar surface area (TPSA) is 90.1 Å². The van der Waals surface area contributed by atoms with Crippen molar-refractivity contribution in [3.8, 4) is 5.69 Å². The van der Waals surface area contributed by atoms with Gasteiger partial charge >= 0.3 is 0 Å². The van der Waals surface area contributed by atoms with E-state index in [1.165, 1.54) is 36.1 Å². The molecular weight excluding hydrogens is 236 g/mol. The van der Waals surface area contributed by atoms with E-state index in [-0.39, 0.29) is 17.3 Å². The number of aromatic nitrogens is 2. The molecule has 1 heterocycles. The molecule has 0 saturated heterocycles. The first-order valence-electron chi connectivity index (χ1n) is 5.14. The van der Waals surface area contributed by atoms with Crippen molar-refractivity contribution in [1.29, 1.82) is 0 Å². The maximum Gasteiger partial charge on any atom is 0.294 e. The van der Waals surface area contributed by atoms with Gasteiger partial charge in [-0.2, -0.15) is 5.10 Å². The van der Waals surface area contributed by atoms with E-state index in [9.17, 15) is 14.9 Å². The quantitative estimate of drug-likeness (QED) is 0.649. The molecule has 0 aliphatic heterocycles. The highest BCUT2D eigenvalue weighted by Gasteiger charge is 2.17. The normalized spacial score (nSPS) is 10.1. The molecule has 0 fully saturated rings. The highest BCUT2D eigenvalue weighted by Crippen LogP contribution is 2.23. The molecule has 0 saturated carbocycles. The Morgan fingerprint density at radius 2 is 2.28 bits per heavy atom. The molecule has 0 atom stereocenters. The second-order valence-electron chi connectivity index (χ2n) is 3.49. The number of nitrogens with one attached hydrogen (secondary N) is 1. The molecule has 18 heavy (non-hydrogen) atoms. The molecule has 7 nitrogen and oxygen atoms in total. The fourth-order valence-corrected chi connectivity index (χ4v) is 1.56. The van der Waals surface area contributed by atoms with Gasteiger partial charge in [-0.25, -0.2) is 4.68 Å². The summed E-state index contributed by atoms with van der Waals surface area (Å²) < 4.78 is 1.35. The number of rotatable bonds is 3. The summed E-state index contributed by atoms with van der Waals surface area (Å²) >= 11 is 0. The zero-order valence-corrected chi connectivity index (χ0v) is 9.53. The minimum Gasteiger partial charge on any atom is -0.355 e. The highest BCUT2D eigenvalue weighted by atomic mass is 16.6. The van der Waals surface area contributed by atoms with Gasteiger partial charge in [0, 0.05) is 31.1 Å². The van der Waals surface area contributed by atoms with E-state index in [0.717, 1.165) is 0 Å². The van der Waals surface area contributed by atoms with E-state index in [4.69, 9.17) is 0 Å². The van der Waals surface area contributed by atoms with Crippen molar-refractivity contribution in [3.05, 3.63) is 52.3 Å². The summed E-state index contributed by atoms with van der Waals surface area (Å²) in [6, 6.07) is 5.78. The molecule has 92 valence electrons. The molecular formula is C11H10N4O3. The first-order chi connectivity index (χ1) is 8.63. The number of hydrogen-bond acceptors (Lipinski definition) is 4. The van der Waals surface area contributed by atoms with Crippen LogP contribution in [0.15, 0.2) is 36.7 Å². The van der Waals surface area contributed by atoms with Crippen LogP contribution in [-0.4, -0.2) is 27.7 Å². The third kappa shape index (κ3) is 2.05. The lowest BCUT2D eigenvalue weighted by molar-refractivity contribution is -0.384. The van der Waals surface area contributed by atoms with Gasteiger partial charge in [-0.1, -0.05) is 0 Å². The Labute approximate surface area is 102 Å². The summed E-state index contributed by atoms with van der Waals surface area (Å²) in [5.41, 5.74) is 0.492. The molecule has 1 aromatic carbocycles. The van der Waals surface area contributed by atoms with E-state index in [2.05, 4.69) is 10.4 Å². The van der Waals surface area contributed by atoms with Gasteiger partial charge in [0.1, 0.15) is 5.69 Å². The van der Waals surface area contributed by atoms with Crippen LogP contribution < -0.4 is 5.32 Å². The fourth-order valence-electron chi connectivity index (χ4n) is 1.56. The smallest absolute Gasteiger partial charge is 0.294 e. The molecule has 2 aromatic rings. The molecule has 0 radical (unpaired) electrons. The Morgan fingerprint density at radius 1 is 1.50 bits per heavy atom. The van der Waals surface area contributed by atoms with Crippen LogP contribution in [0.1, 0.15) is 10.4 Å². The maximum absolute atomic E-state index is 11.5. The standard InChI is InChI=1S/C11H10N4O3/c1-12-11(16)8-3-4-9(15(17)18)10(7-8)14-6-2-5-13-14/h2-7H,1H3,(H,12,16). The van der Waals surface area contributed by atoms with Crippen LogP contribution >= 0.6 is 0 Å². The summed E-state index contributed by atoms with van der Waals surface area (Å²) in [5, 5.41) is 17.3. The van der Waals surface area contributed by atoms with Crippen molar-refractivity contribution in [2.45, 2.75) is 0 Å². The summed E-state index contributed by atoms with van der Waals surface area (Å²) in [6.07, 6.45) is 3.09. The average Bonchev–Trinajstić information content (AvgIpc) is 2.90. The third-order valence-electron chi connectivity index (χ3n) is 2.41. The fraction of sp³-hybridized carbons (Fsp3) is 0.0909. The number of benzene rings is 1. The first-order valence-corrected chi connectivity index (χ1v) is 5.14. The van der Waals surface area contributed by atoms with Crippen LogP contribution in [-0.2, 0) is 0 Å². The number of hydrogen-bond donors (Lipinski definition) is 1. The van der Waals surface area contributed by atoms with Gasteiger partial charge in [-0.15, -0.1) is 0 Å². The molecule has 1 N–H and O–H groups in total. The van der Waals surface area contributed by atoms with Gasteiger partial charge in [-0.3, -0.25) is 14.9 Å². The van der Waals surface area contributed by atoms with E-state index < -0.39 is 4.92 Å². The predicted molar refractivity (Wildman–Crippen MR) is 63.6 cm³/mol. The van der Waals surface area contributed by atoms with Crippen LogP contribution in [0, 0.1) is 10.1 Å². The number of carbonyl (C=O) groups excluding carboxylic acids is 1. The van der Waals surface area contributed by atoms with Gasteiger partial charge in [0.25, 0.3) is 11.6 Å². The Morgan fingerprint density at radius 3 is 2.83 bits per heavy atom. The van der Waals surface area contributed by atoms with E-state index in [1.54, 1.807) is 12.3 Å². The van der Waals surface area contributed by atoms with E-state index in [0.29, 0.717) is 5.56 Å². The largest absolute Gasteiger partial charge is 0.355 e. The zero-order chi connectivity index (χ0) is 13.1. The predicted octanol–water partition coefficient (Wildman–Crippen LogP) is 1.14. The van der Waals surface area contributed by atoms with Gasteiger partial charge in [-0.05, 0) is 18.2 Å². The van der Waals surface area contributed by atoms with Gasteiger partial charge in [0.05, 0.1) is 4.92 Å². The van der Waals surface area contributed by atoms with Crippen molar-refractivity contribution in [3.63, 3.8) is 0 Å². The van der Waals surface area contributed by atoms with Crippen molar-refractivity contribution in [2.75, 3.05) is 7.05 Å². The second kappa shape index (κ2) is 4.66. The van der Waals surface area contributed by atoms with Crippen LogP contribution in [0.4, 0.5) is 5.69 Å². The van der Waals surface area contributed by atoms with Crippen LogP contribution in [0.5, 0.6) is 0 Å². The van der Waals surface area contributed by atoms with Crippen molar-refractivity contribution in [2.24, 2.45) is 0 Å². The lowest BCUT2D eigenvalue weighted by atomic mass is 10.1. The number of nitro benzene ring substituents is 1. The molecule has 0 aliphatic carbocycles. The molecule has 1 aromatic heterocycles.